The van der Waals surface area contributed by atoms with Crippen LogP contribution in [0, 0.1) is 5.92 Å². The van der Waals surface area contributed by atoms with Crippen molar-refractivity contribution in [3.8, 4) is 0 Å². The second kappa shape index (κ2) is 10.1. The first-order valence-corrected chi connectivity index (χ1v) is 10.5. The first kappa shape index (κ1) is 20.1. The Morgan fingerprint density at radius 3 is 2.89 bits per heavy atom. The Kier molecular flexibility index (Phi) is 7.52. The molecule has 0 aromatic carbocycles. The maximum atomic E-state index is 4.55. The number of aliphatic imine (C=N–C) groups is 1. The Morgan fingerprint density at radius 2 is 2.11 bits per heavy atom. The number of guanidine groups is 1. The van der Waals surface area contributed by atoms with E-state index in [-0.39, 0.29) is 0 Å². The van der Waals surface area contributed by atoms with Crippen molar-refractivity contribution in [3.05, 3.63) is 18.7 Å². The summed E-state index contributed by atoms with van der Waals surface area (Å²) >= 11 is 0. The fraction of sp³-hybridized carbons (Fsp3) is 0.800. The van der Waals surface area contributed by atoms with Crippen molar-refractivity contribution in [3.63, 3.8) is 0 Å². The fourth-order valence-corrected chi connectivity index (χ4v) is 4.25. The van der Waals surface area contributed by atoms with E-state index in [0.29, 0.717) is 12.0 Å². The number of likely N-dealkylation sites (N-methyl/N-ethyl adjacent to an activating group) is 1. The van der Waals surface area contributed by atoms with Gasteiger partial charge in [-0.15, -0.1) is 0 Å². The molecule has 2 aliphatic rings. The summed E-state index contributed by atoms with van der Waals surface area (Å²) in [6.07, 6.45) is 9.54. The van der Waals surface area contributed by atoms with Crippen molar-refractivity contribution in [1.29, 1.82) is 0 Å². The molecule has 1 N–H and O–H groups in total. The molecule has 3 rings (SSSR count). The molecule has 152 valence electrons. The lowest BCUT2D eigenvalue weighted by Crippen LogP contribution is -2.49. The zero-order valence-corrected chi connectivity index (χ0v) is 17.3. The second-order valence-electron chi connectivity index (χ2n) is 8.12. The van der Waals surface area contributed by atoms with Crippen LogP contribution < -0.4 is 5.32 Å². The second-order valence-corrected chi connectivity index (χ2v) is 8.12. The van der Waals surface area contributed by atoms with Crippen LogP contribution in [0.4, 0.5) is 0 Å². The van der Waals surface area contributed by atoms with Crippen LogP contribution >= 0.6 is 0 Å². The minimum Gasteiger partial charge on any atom is -0.356 e. The van der Waals surface area contributed by atoms with Gasteiger partial charge in [0.1, 0.15) is 0 Å². The SMILES string of the molecule is CN=C(NCCCN1CCCN(C)CC1)N1CCC(C)C(n2ccnc2)C1. The number of nitrogens with one attached hydrogen (secondary N) is 1. The largest absolute Gasteiger partial charge is 0.356 e. The molecule has 0 aliphatic carbocycles. The van der Waals surface area contributed by atoms with Gasteiger partial charge in [0.15, 0.2) is 5.96 Å². The topological polar surface area (TPSA) is 51.9 Å². The average Bonchev–Trinajstić information content (AvgIpc) is 3.13. The Labute approximate surface area is 164 Å². The maximum Gasteiger partial charge on any atom is 0.193 e. The van der Waals surface area contributed by atoms with Crippen LogP contribution in [0.3, 0.4) is 0 Å². The van der Waals surface area contributed by atoms with Crippen LogP contribution in [0.1, 0.15) is 32.2 Å². The van der Waals surface area contributed by atoms with Crippen molar-refractivity contribution < 1.29 is 0 Å². The van der Waals surface area contributed by atoms with Crippen LogP contribution in [0.15, 0.2) is 23.7 Å². The first-order valence-electron chi connectivity index (χ1n) is 10.5. The summed E-state index contributed by atoms with van der Waals surface area (Å²) in [7, 11) is 4.13. The van der Waals surface area contributed by atoms with Gasteiger partial charge in [-0.1, -0.05) is 6.92 Å². The molecule has 2 aliphatic heterocycles. The third kappa shape index (κ3) is 5.69. The van der Waals surface area contributed by atoms with Gasteiger partial charge in [0, 0.05) is 52.2 Å². The van der Waals surface area contributed by atoms with Crippen LogP contribution in [-0.4, -0.2) is 96.7 Å². The van der Waals surface area contributed by atoms with Gasteiger partial charge in [-0.05, 0) is 51.9 Å². The molecule has 0 amide bonds. The summed E-state index contributed by atoms with van der Waals surface area (Å²) in [5.74, 6) is 1.71. The average molecular weight is 376 g/mol. The molecule has 0 radical (unpaired) electrons. The van der Waals surface area contributed by atoms with Crippen LogP contribution in [0.2, 0.25) is 0 Å². The highest BCUT2D eigenvalue weighted by atomic mass is 15.3. The molecular weight excluding hydrogens is 338 g/mol. The number of likely N-dealkylation sites (tertiary alicyclic amines) is 1. The number of piperidine rings is 1. The minimum absolute atomic E-state index is 0.467. The van der Waals surface area contributed by atoms with Gasteiger partial charge >= 0.3 is 0 Å². The number of imidazole rings is 1. The highest BCUT2D eigenvalue weighted by molar-refractivity contribution is 5.80. The van der Waals surface area contributed by atoms with Crippen LogP contribution in [-0.2, 0) is 0 Å². The summed E-state index contributed by atoms with van der Waals surface area (Å²) < 4.78 is 2.25. The van der Waals surface area contributed by atoms with Gasteiger partial charge in [0.05, 0.1) is 12.4 Å². The fourth-order valence-electron chi connectivity index (χ4n) is 4.25. The van der Waals surface area contributed by atoms with E-state index in [4.69, 9.17) is 0 Å². The summed E-state index contributed by atoms with van der Waals surface area (Å²) in [4.78, 5) is 16.2. The summed E-state index contributed by atoms with van der Waals surface area (Å²) in [6, 6.07) is 0.467. The minimum atomic E-state index is 0.467. The molecule has 2 unspecified atom stereocenters. The van der Waals surface area contributed by atoms with E-state index < -0.39 is 0 Å². The van der Waals surface area contributed by atoms with Gasteiger partial charge in [0.2, 0.25) is 0 Å². The van der Waals surface area contributed by atoms with E-state index in [0.717, 1.165) is 32.0 Å². The van der Waals surface area contributed by atoms with Crippen LogP contribution in [0.25, 0.3) is 0 Å². The van der Waals surface area contributed by atoms with E-state index in [2.05, 4.69) is 54.7 Å². The molecule has 7 nitrogen and oxygen atoms in total. The lowest BCUT2D eigenvalue weighted by atomic mass is 9.93. The summed E-state index contributed by atoms with van der Waals surface area (Å²) in [5.41, 5.74) is 0. The molecular formula is C20H37N7. The van der Waals surface area contributed by atoms with Gasteiger partial charge in [-0.25, -0.2) is 4.98 Å². The maximum absolute atomic E-state index is 4.55. The molecule has 0 bridgehead atoms. The lowest BCUT2D eigenvalue weighted by molar-refractivity contribution is 0.188. The molecule has 2 atom stereocenters. The Balaban J connectivity index is 1.43. The van der Waals surface area contributed by atoms with Crippen molar-refractivity contribution in [2.75, 3.05) is 66.5 Å². The molecule has 0 spiro atoms. The monoisotopic (exact) mass is 375 g/mol. The molecule has 2 fully saturated rings. The van der Waals surface area contributed by atoms with E-state index in [9.17, 15) is 0 Å². The standard InChI is InChI=1S/C20H37N7/c1-18-6-12-26(16-19(18)27-13-8-22-17-27)20(21-2)23-7-4-10-25-11-5-9-24(3)14-15-25/h8,13,17-19H,4-7,9-12,14-16H2,1-3H3,(H,21,23). The molecule has 2 saturated heterocycles. The van der Waals surface area contributed by atoms with Gasteiger partial charge < -0.3 is 24.6 Å². The predicted octanol–water partition coefficient (Wildman–Crippen LogP) is 1.37. The third-order valence-corrected chi connectivity index (χ3v) is 6.08. The highest BCUT2D eigenvalue weighted by Crippen LogP contribution is 2.27. The van der Waals surface area contributed by atoms with Gasteiger partial charge in [-0.3, -0.25) is 4.99 Å². The van der Waals surface area contributed by atoms with E-state index >= 15 is 0 Å². The van der Waals surface area contributed by atoms with E-state index in [1.54, 1.807) is 0 Å². The Hall–Kier alpha value is -1.60. The highest BCUT2D eigenvalue weighted by Gasteiger charge is 2.28. The van der Waals surface area contributed by atoms with Crippen molar-refractivity contribution in [2.24, 2.45) is 10.9 Å². The Bertz CT molecular complexity index is 571. The smallest absolute Gasteiger partial charge is 0.193 e. The number of rotatable bonds is 5. The summed E-state index contributed by atoms with van der Waals surface area (Å²) in [6.45, 7) is 11.4. The third-order valence-electron chi connectivity index (χ3n) is 6.08. The predicted molar refractivity (Wildman–Crippen MR) is 111 cm³/mol. The molecule has 3 heterocycles. The summed E-state index contributed by atoms with van der Waals surface area (Å²) in [5, 5.41) is 3.60. The number of nitrogens with zero attached hydrogens (tertiary/aromatic N) is 6. The number of aromatic nitrogens is 2. The molecule has 7 heteroatoms. The van der Waals surface area contributed by atoms with Gasteiger partial charge in [0.25, 0.3) is 0 Å². The number of hydrogen-bond acceptors (Lipinski definition) is 4. The molecule has 0 saturated carbocycles. The van der Waals surface area contributed by atoms with Gasteiger partial charge in [-0.2, -0.15) is 0 Å². The lowest BCUT2D eigenvalue weighted by Gasteiger charge is -2.39. The van der Waals surface area contributed by atoms with E-state index in [1.807, 2.05) is 19.6 Å². The Morgan fingerprint density at radius 1 is 1.22 bits per heavy atom. The molecule has 27 heavy (non-hydrogen) atoms. The zero-order chi connectivity index (χ0) is 19.1. The normalized spacial score (nSPS) is 26.2. The van der Waals surface area contributed by atoms with Crippen molar-refractivity contribution in [1.82, 2.24) is 29.6 Å². The zero-order valence-electron chi connectivity index (χ0n) is 17.3. The molecule has 1 aromatic rings. The first-order chi connectivity index (χ1) is 13.2. The van der Waals surface area contributed by atoms with Crippen molar-refractivity contribution in [2.45, 2.75) is 32.2 Å². The molecule has 1 aromatic heterocycles. The van der Waals surface area contributed by atoms with E-state index in [1.165, 1.54) is 45.6 Å². The van der Waals surface area contributed by atoms with Crippen LogP contribution in [0.5, 0.6) is 0 Å². The van der Waals surface area contributed by atoms with Crippen molar-refractivity contribution >= 4 is 5.96 Å². The quantitative estimate of drug-likeness (QED) is 0.479. The number of hydrogen-bond donors (Lipinski definition) is 1.